The number of benzene rings is 1. The zero-order valence-electron chi connectivity index (χ0n) is 14.7. The van der Waals surface area contributed by atoms with Crippen molar-refractivity contribution >= 4 is 17.5 Å². The molecule has 1 atom stereocenters. The molecule has 0 bridgehead atoms. The van der Waals surface area contributed by atoms with Crippen LogP contribution in [0, 0.1) is 12.8 Å². The highest BCUT2D eigenvalue weighted by molar-refractivity contribution is 5.97. The summed E-state index contributed by atoms with van der Waals surface area (Å²) in [5, 5.41) is 10.7. The smallest absolute Gasteiger partial charge is 0.247 e. The van der Waals surface area contributed by atoms with Gasteiger partial charge in [-0.05, 0) is 36.6 Å². The lowest BCUT2D eigenvalue weighted by Crippen LogP contribution is -2.47. The van der Waals surface area contributed by atoms with Crippen molar-refractivity contribution in [2.75, 3.05) is 11.9 Å². The standard InChI is InChI=1S/C18H22N4O3/c1-11(2)16(22-10-4-5-15(22)23)17(24)19-14-8-6-13(7-9-14)18-21-20-12(3)25-18/h6-9,11,16H,4-5,10H2,1-3H3,(H,19,24)/t16-/m1/s1. The fourth-order valence-corrected chi connectivity index (χ4v) is 3.09. The van der Waals surface area contributed by atoms with Gasteiger partial charge in [-0.3, -0.25) is 9.59 Å². The predicted octanol–water partition coefficient (Wildman–Crippen LogP) is 2.63. The lowest BCUT2D eigenvalue weighted by Gasteiger charge is -2.29. The van der Waals surface area contributed by atoms with E-state index in [9.17, 15) is 9.59 Å². The Morgan fingerprint density at radius 2 is 1.96 bits per heavy atom. The van der Waals surface area contributed by atoms with Gasteiger partial charge in [0.15, 0.2) is 0 Å². The van der Waals surface area contributed by atoms with Crippen LogP contribution in [0.5, 0.6) is 0 Å². The van der Waals surface area contributed by atoms with E-state index in [-0.39, 0.29) is 17.7 Å². The summed E-state index contributed by atoms with van der Waals surface area (Å²) in [6.45, 7) is 6.29. The van der Waals surface area contributed by atoms with Crippen molar-refractivity contribution in [3.8, 4) is 11.5 Å². The van der Waals surface area contributed by atoms with Crippen LogP contribution in [0.4, 0.5) is 5.69 Å². The Bertz CT molecular complexity index is 767. The topological polar surface area (TPSA) is 88.3 Å². The number of rotatable bonds is 5. The number of carbonyl (C=O) groups excluding carboxylic acids is 2. The molecule has 7 heteroatoms. The number of nitrogens with one attached hydrogen (secondary N) is 1. The van der Waals surface area contributed by atoms with E-state index in [1.54, 1.807) is 24.0 Å². The van der Waals surface area contributed by atoms with Crippen molar-refractivity contribution in [2.24, 2.45) is 5.92 Å². The molecule has 2 amide bonds. The van der Waals surface area contributed by atoms with Gasteiger partial charge in [0.1, 0.15) is 6.04 Å². The van der Waals surface area contributed by atoms with E-state index >= 15 is 0 Å². The van der Waals surface area contributed by atoms with Crippen molar-refractivity contribution < 1.29 is 14.0 Å². The summed E-state index contributed by atoms with van der Waals surface area (Å²) in [6, 6.07) is 6.75. The number of hydrogen-bond acceptors (Lipinski definition) is 5. The maximum Gasteiger partial charge on any atom is 0.247 e. The summed E-state index contributed by atoms with van der Waals surface area (Å²) in [5.74, 6) is 0.880. The molecular weight excluding hydrogens is 320 g/mol. The molecule has 0 saturated carbocycles. The monoisotopic (exact) mass is 342 g/mol. The molecule has 1 aromatic heterocycles. The summed E-state index contributed by atoms with van der Waals surface area (Å²) >= 11 is 0. The fourth-order valence-electron chi connectivity index (χ4n) is 3.09. The van der Waals surface area contributed by atoms with Gasteiger partial charge >= 0.3 is 0 Å². The number of aryl methyl sites for hydroxylation is 1. The van der Waals surface area contributed by atoms with E-state index in [1.165, 1.54) is 0 Å². The molecule has 3 rings (SSSR count). The van der Waals surface area contributed by atoms with Crippen LogP contribution in [0.2, 0.25) is 0 Å². The van der Waals surface area contributed by atoms with Gasteiger partial charge in [-0.1, -0.05) is 13.8 Å². The fraction of sp³-hybridized carbons (Fsp3) is 0.444. The zero-order valence-corrected chi connectivity index (χ0v) is 14.7. The maximum atomic E-state index is 12.7. The maximum absolute atomic E-state index is 12.7. The van der Waals surface area contributed by atoms with Crippen LogP contribution in [0.15, 0.2) is 28.7 Å². The second kappa shape index (κ2) is 7.04. The third kappa shape index (κ3) is 3.70. The van der Waals surface area contributed by atoms with Gasteiger partial charge in [0.05, 0.1) is 0 Å². The Morgan fingerprint density at radius 1 is 1.24 bits per heavy atom. The third-order valence-corrected chi connectivity index (χ3v) is 4.27. The number of hydrogen-bond donors (Lipinski definition) is 1. The molecule has 1 aliphatic rings. The quantitative estimate of drug-likeness (QED) is 0.902. The van der Waals surface area contributed by atoms with Crippen molar-refractivity contribution in [2.45, 2.75) is 39.7 Å². The van der Waals surface area contributed by atoms with Gasteiger partial charge in [0, 0.05) is 31.1 Å². The first-order valence-electron chi connectivity index (χ1n) is 8.46. The second-order valence-corrected chi connectivity index (χ2v) is 6.57. The molecule has 1 aromatic carbocycles. The lowest BCUT2D eigenvalue weighted by molar-refractivity contribution is -0.136. The minimum Gasteiger partial charge on any atom is -0.421 e. The molecule has 2 aromatic rings. The molecule has 1 fully saturated rings. The number of amides is 2. The molecule has 1 aliphatic heterocycles. The van der Waals surface area contributed by atoms with Crippen molar-refractivity contribution in [1.82, 2.24) is 15.1 Å². The molecule has 0 unspecified atom stereocenters. The van der Waals surface area contributed by atoms with Crippen LogP contribution < -0.4 is 5.32 Å². The van der Waals surface area contributed by atoms with Crippen LogP contribution in [-0.4, -0.2) is 39.5 Å². The Morgan fingerprint density at radius 3 is 2.48 bits per heavy atom. The lowest BCUT2D eigenvalue weighted by atomic mass is 10.0. The molecule has 0 aliphatic carbocycles. The predicted molar refractivity (Wildman–Crippen MR) is 92.7 cm³/mol. The number of likely N-dealkylation sites (tertiary alicyclic amines) is 1. The zero-order chi connectivity index (χ0) is 18.0. The Balaban J connectivity index is 1.72. The van der Waals surface area contributed by atoms with E-state index in [1.807, 2.05) is 26.0 Å². The molecule has 2 heterocycles. The summed E-state index contributed by atoms with van der Waals surface area (Å²) in [4.78, 5) is 26.4. The van der Waals surface area contributed by atoms with Gasteiger partial charge in [0.25, 0.3) is 0 Å². The van der Waals surface area contributed by atoms with E-state index < -0.39 is 6.04 Å². The number of carbonyl (C=O) groups is 2. The highest BCUT2D eigenvalue weighted by atomic mass is 16.4. The number of nitrogens with zero attached hydrogens (tertiary/aromatic N) is 3. The van der Waals surface area contributed by atoms with Gasteiger partial charge in [0.2, 0.25) is 23.6 Å². The van der Waals surface area contributed by atoms with Crippen LogP contribution in [0.3, 0.4) is 0 Å². The van der Waals surface area contributed by atoms with E-state index in [0.717, 1.165) is 12.0 Å². The molecular formula is C18H22N4O3. The minimum atomic E-state index is -0.451. The summed E-state index contributed by atoms with van der Waals surface area (Å²) in [7, 11) is 0. The molecule has 25 heavy (non-hydrogen) atoms. The highest BCUT2D eigenvalue weighted by Crippen LogP contribution is 2.23. The van der Waals surface area contributed by atoms with Crippen LogP contribution in [0.25, 0.3) is 11.5 Å². The van der Waals surface area contributed by atoms with Gasteiger partial charge < -0.3 is 14.6 Å². The Labute approximate surface area is 146 Å². The van der Waals surface area contributed by atoms with Gasteiger partial charge in [-0.2, -0.15) is 0 Å². The first-order valence-corrected chi connectivity index (χ1v) is 8.46. The first-order chi connectivity index (χ1) is 12.0. The average molecular weight is 342 g/mol. The third-order valence-electron chi connectivity index (χ3n) is 4.27. The molecule has 1 N–H and O–H groups in total. The molecule has 0 radical (unpaired) electrons. The van der Waals surface area contributed by atoms with E-state index in [0.29, 0.717) is 30.4 Å². The molecule has 1 saturated heterocycles. The molecule has 7 nitrogen and oxygen atoms in total. The van der Waals surface area contributed by atoms with E-state index in [4.69, 9.17) is 4.42 Å². The first kappa shape index (κ1) is 17.1. The SMILES string of the molecule is Cc1nnc(-c2ccc(NC(=O)[C@@H](C(C)C)N3CCCC3=O)cc2)o1. The van der Waals surface area contributed by atoms with Crippen LogP contribution in [0.1, 0.15) is 32.6 Å². The van der Waals surface area contributed by atoms with Gasteiger partial charge in [-0.15, -0.1) is 10.2 Å². The normalized spacial score (nSPS) is 15.7. The molecule has 0 spiro atoms. The van der Waals surface area contributed by atoms with E-state index in [2.05, 4.69) is 15.5 Å². The van der Waals surface area contributed by atoms with Gasteiger partial charge in [-0.25, -0.2) is 0 Å². The minimum absolute atomic E-state index is 0.0442. The summed E-state index contributed by atoms with van der Waals surface area (Å²) < 4.78 is 5.39. The molecule has 132 valence electrons. The van der Waals surface area contributed by atoms with Crippen molar-refractivity contribution in [3.63, 3.8) is 0 Å². The number of anilines is 1. The van der Waals surface area contributed by atoms with Crippen molar-refractivity contribution in [1.29, 1.82) is 0 Å². The average Bonchev–Trinajstić information content (AvgIpc) is 3.17. The number of aromatic nitrogens is 2. The Hall–Kier alpha value is -2.70. The second-order valence-electron chi connectivity index (χ2n) is 6.57. The summed E-state index contributed by atoms with van der Waals surface area (Å²) in [6.07, 6.45) is 1.34. The highest BCUT2D eigenvalue weighted by Gasteiger charge is 2.34. The largest absolute Gasteiger partial charge is 0.421 e. The summed E-state index contributed by atoms with van der Waals surface area (Å²) in [5.41, 5.74) is 1.45. The van der Waals surface area contributed by atoms with Crippen LogP contribution in [-0.2, 0) is 9.59 Å². The van der Waals surface area contributed by atoms with Crippen LogP contribution >= 0.6 is 0 Å². The van der Waals surface area contributed by atoms with Crippen molar-refractivity contribution in [3.05, 3.63) is 30.2 Å². The Kier molecular flexibility index (Phi) is 4.83.